The van der Waals surface area contributed by atoms with E-state index in [1.54, 1.807) is 24.3 Å². The molecule has 0 saturated carbocycles. The molecule has 1 amide bonds. The lowest BCUT2D eigenvalue weighted by Gasteiger charge is -2.02. The van der Waals surface area contributed by atoms with E-state index >= 15 is 0 Å². The molecule has 86 valence electrons. The van der Waals surface area contributed by atoms with Crippen molar-refractivity contribution in [2.75, 3.05) is 0 Å². The number of aldehydes is 1. The van der Waals surface area contributed by atoms with Gasteiger partial charge in [0.15, 0.2) is 12.0 Å². The Morgan fingerprint density at radius 2 is 1.88 bits per heavy atom. The van der Waals surface area contributed by atoms with Crippen LogP contribution in [0.1, 0.15) is 20.9 Å². The lowest BCUT2D eigenvalue weighted by molar-refractivity contribution is 0.0999. The topological polar surface area (TPSA) is 82.5 Å². The van der Waals surface area contributed by atoms with Crippen molar-refractivity contribution in [1.82, 2.24) is 0 Å². The second-order valence-corrected chi connectivity index (χ2v) is 3.27. The Hall–Kier alpha value is -2.56. The summed E-state index contributed by atoms with van der Waals surface area (Å²) in [6.45, 7) is 0. The first-order valence-corrected chi connectivity index (χ1v) is 4.82. The van der Waals surface area contributed by atoms with Crippen LogP contribution < -0.4 is 10.5 Å². The van der Waals surface area contributed by atoms with Crippen molar-refractivity contribution >= 4 is 12.2 Å². The normalized spacial score (nSPS) is 9.88. The van der Waals surface area contributed by atoms with Gasteiger partial charge in [-0.2, -0.15) is 0 Å². The van der Waals surface area contributed by atoms with Crippen LogP contribution in [0.15, 0.2) is 40.8 Å². The quantitative estimate of drug-likeness (QED) is 0.815. The minimum absolute atomic E-state index is 0.189. The molecule has 0 atom stereocenters. The smallest absolute Gasteiger partial charge is 0.290 e. The van der Waals surface area contributed by atoms with E-state index in [0.29, 0.717) is 17.6 Å². The van der Waals surface area contributed by atoms with Crippen LogP contribution in [-0.2, 0) is 0 Å². The van der Waals surface area contributed by atoms with Gasteiger partial charge in [0.1, 0.15) is 5.75 Å². The Kier molecular flexibility index (Phi) is 2.91. The van der Waals surface area contributed by atoms with Gasteiger partial charge in [-0.05, 0) is 30.3 Å². The van der Waals surface area contributed by atoms with Gasteiger partial charge >= 0.3 is 0 Å². The maximum atomic E-state index is 10.8. The summed E-state index contributed by atoms with van der Waals surface area (Å²) in [5.74, 6) is 0.382. The number of hydrogen-bond acceptors (Lipinski definition) is 4. The van der Waals surface area contributed by atoms with Gasteiger partial charge in [-0.25, -0.2) is 0 Å². The lowest BCUT2D eigenvalue weighted by atomic mass is 10.2. The van der Waals surface area contributed by atoms with E-state index in [-0.39, 0.29) is 11.7 Å². The monoisotopic (exact) mass is 231 g/mol. The number of nitrogens with two attached hydrogens (primary N) is 1. The number of hydrogen-bond donors (Lipinski definition) is 1. The van der Waals surface area contributed by atoms with E-state index in [4.69, 9.17) is 14.9 Å². The average Bonchev–Trinajstić information content (AvgIpc) is 2.77. The Balaban J connectivity index is 2.13. The average molecular weight is 231 g/mol. The van der Waals surface area contributed by atoms with Crippen molar-refractivity contribution < 1.29 is 18.7 Å². The Labute approximate surface area is 96.8 Å². The van der Waals surface area contributed by atoms with Gasteiger partial charge in [-0.3, -0.25) is 9.59 Å². The summed E-state index contributed by atoms with van der Waals surface area (Å²) in [7, 11) is 0. The highest BCUT2D eigenvalue weighted by Crippen LogP contribution is 2.23. The summed E-state index contributed by atoms with van der Waals surface area (Å²) in [5.41, 5.74) is 5.49. The highest BCUT2D eigenvalue weighted by Gasteiger charge is 2.04. The molecule has 2 N–H and O–H groups in total. The molecule has 2 aromatic rings. The maximum absolute atomic E-state index is 10.8. The summed E-state index contributed by atoms with van der Waals surface area (Å²) < 4.78 is 10.4. The molecule has 0 aliphatic rings. The van der Waals surface area contributed by atoms with E-state index in [0.717, 1.165) is 0 Å². The van der Waals surface area contributed by atoms with Crippen LogP contribution in [0.4, 0.5) is 0 Å². The molecule has 1 aromatic carbocycles. The van der Waals surface area contributed by atoms with Crippen LogP contribution in [0.2, 0.25) is 0 Å². The largest absolute Gasteiger partial charge is 0.426 e. The standard InChI is InChI=1S/C12H9NO4/c13-12(15)8-1-3-9(4-2-8)16-11-6-5-10(7-14)17-11/h1-7H,(H2,13,15). The number of carbonyl (C=O) groups excluding carboxylic acids is 2. The van der Waals surface area contributed by atoms with Gasteiger partial charge in [-0.15, -0.1) is 0 Å². The van der Waals surface area contributed by atoms with Gasteiger partial charge in [0, 0.05) is 11.6 Å². The van der Waals surface area contributed by atoms with Crippen molar-refractivity contribution in [3.63, 3.8) is 0 Å². The van der Waals surface area contributed by atoms with E-state index in [2.05, 4.69) is 0 Å². The van der Waals surface area contributed by atoms with Crippen LogP contribution in [0.25, 0.3) is 0 Å². The first-order valence-electron chi connectivity index (χ1n) is 4.82. The Morgan fingerprint density at radius 3 is 2.41 bits per heavy atom. The first kappa shape index (κ1) is 10.9. The van der Waals surface area contributed by atoms with Gasteiger partial charge in [0.05, 0.1) is 0 Å². The van der Waals surface area contributed by atoms with Crippen molar-refractivity contribution in [1.29, 1.82) is 0 Å². The minimum Gasteiger partial charge on any atom is -0.426 e. The van der Waals surface area contributed by atoms with Gasteiger partial charge in [-0.1, -0.05) is 0 Å². The number of benzene rings is 1. The lowest BCUT2D eigenvalue weighted by Crippen LogP contribution is -2.10. The van der Waals surface area contributed by atoms with Crippen molar-refractivity contribution in [2.45, 2.75) is 0 Å². The van der Waals surface area contributed by atoms with E-state index in [1.165, 1.54) is 12.1 Å². The molecule has 0 saturated heterocycles. The van der Waals surface area contributed by atoms with E-state index < -0.39 is 5.91 Å². The predicted octanol–water partition coefficient (Wildman–Crippen LogP) is 1.98. The Morgan fingerprint density at radius 1 is 1.18 bits per heavy atom. The SMILES string of the molecule is NC(=O)c1ccc(Oc2ccc(C=O)o2)cc1. The molecule has 5 nitrogen and oxygen atoms in total. The summed E-state index contributed by atoms with van der Waals surface area (Å²) in [4.78, 5) is 21.2. The zero-order chi connectivity index (χ0) is 12.3. The minimum atomic E-state index is -0.502. The number of primary amides is 1. The number of furan rings is 1. The fourth-order valence-electron chi connectivity index (χ4n) is 1.26. The van der Waals surface area contributed by atoms with Gasteiger partial charge in [0.2, 0.25) is 5.91 Å². The van der Waals surface area contributed by atoms with E-state index in [1.807, 2.05) is 0 Å². The molecule has 2 rings (SSSR count). The second kappa shape index (κ2) is 4.52. The molecule has 0 aliphatic heterocycles. The van der Waals surface area contributed by atoms with E-state index in [9.17, 15) is 9.59 Å². The van der Waals surface area contributed by atoms with Gasteiger partial charge in [0.25, 0.3) is 5.95 Å². The molecule has 0 fully saturated rings. The molecule has 17 heavy (non-hydrogen) atoms. The summed E-state index contributed by atoms with van der Waals surface area (Å²) >= 11 is 0. The first-order chi connectivity index (χ1) is 8.19. The molecule has 1 aromatic heterocycles. The third kappa shape index (κ3) is 2.52. The molecule has 1 heterocycles. The molecule has 0 radical (unpaired) electrons. The molecule has 5 heteroatoms. The number of amides is 1. The molecule has 0 aliphatic carbocycles. The third-order valence-corrected chi connectivity index (χ3v) is 2.08. The predicted molar refractivity (Wildman–Crippen MR) is 59.1 cm³/mol. The fraction of sp³-hybridized carbons (Fsp3) is 0. The van der Waals surface area contributed by atoms with Crippen LogP contribution >= 0.6 is 0 Å². The summed E-state index contributed by atoms with van der Waals surface area (Å²) in [5, 5.41) is 0. The van der Waals surface area contributed by atoms with Crippen LogP contribution in [0.3, 0.4) is 0 Å². The molecular weight excluding hydrogens is 222 g/mol. The zero-order valence-corrected chi connectivity index (χ0v) is 8.75. The van der Waals surface area contributed by atoms with Crippen molar-refractivity contribution in [3.8, 4) is 11.7 Å². The summed E-state index contributed by atoms with van der Waals surface area (Å²) in [6, 6.07) is 9.29. The zero-order valence-electron chi connectivity index (χ0n) is 8.75. The highest BCUT2D eigenvalue weighted by molar-refractivity contribution is 5.92. The number of ether oxygens (including phenoxy) is 1. The van der Waals surface area contributed by atoms with Crippen molar-refractivity contribution in [2.24, 2.45) is 5.73 Å². The molecule has 0 unspecified atom stereocenters. The molecule has 0 spiro atoms. The highest BCUT2D eigenvalue weighted by atomic mass is 16.6. The fourth-order valence-corrected chi connectivity index (χ4v) is 1.26. The van der Waals surface area contributed by atoms with Crippen molar-refractivity contribution in [3.05, 3.63) is 47.7 Å². The molecular formula is C12H9NO4. The maximum Gasteiger partial charge on any atom is 0.290 e. The van der Waals surface area contributed by atoms with Crippen LogP contribution in [0, 0.1) is 0 Å². The van der Waals surface area contributed by atoms with Gasteiger partial charge < -0.3 is 14.9 Å². The number of carbonyl (C=O) groups is 2. The number of rotatable bonds is 4. The second-order valence-electron chi connectivity index (χ2n) is 3.27. The van der Waals surface area contributed by atoms with Crippen LogP contribution in [-0.4, -0.2) is 12.2 Å². The third-order valence-electron chi connectivity index (χ3n) is 2.08. The van der Waals surface area contributed by atoms with Crippen LogP contribution in [0.5, 0.6) is 11.7 Å². The molecule has 0 bridgehead atoms. The Bertz CT molecular complexity index is 542. The summed E-state index contributed by atoms with van der Waals surface area (Å²) in [6.07, 6.45) is 0.586.